The van der Waals surface area contributed by atoms with E-state index in [-0.39, 0.29) is 30.3 Å². The van der Waals surface area contributed by atoms with E-state index in [9.17, 15) is 14.4 Å². The van der Waals surface area contributed by atoms with Gasteiger partial charge >= 0.3 is 6.03 Å². The average Bonchev–Trinajstić information content (AvgIpc) is 2.89. The highest BCUT2D eigenvalue weighted by molar-refractivity contribution is 6.09. The Morgan fingerprint density at radius 2 is 2.04 bits per heavy atom. The number of nitrogens with zero attached hydrogens (tertiary/aromatic N) is 1. The first-order valence-corrected chi connectivity index (χ1v) is 9.96. The van der Waals surface area contributed by atoms with Crippen LogP contribution < -0.4 is 10.6 Å². The van der Waals surface area contributed by atoms with Crippen molar-refractivity contribution in [2.45, 2.75) is 64.0 Å². The smallest absolute Gasteiger partial charge is 0.325 e. The van der Waals surface area contributed by atoms with Gasteiger partial charge in [-0.25, -0.2) is 4.79 Å². The summed E-state index contributed by atoms with van der Waals surface area (Å²) in [6.45, 7) is 3.84. The van der Waals surface area contributed by atoms with Crippen LogP contribution in [0.5, 0.6) is 0 Å². The maximum atomic E-state index is 13.0. The zero-order valence-corrected chi connectivity index (χ0v) is 16.2. The Hall–Kier alpha value is -2.37. The van der Waals surface area contributed by atoms with Gasteiger partial charge in [0, 0.05) is 0 Å². The maximum absolute atomic E-state index is 13.0. The lowest BCUT2D eigenvalue weighted by Crippen LogP contribution is -2.54. The van der Waals surface area contributed by atoms with Crippen molar-refractivity contribution in [3.8, 4) is 0 Å². The van der Waals surface area contributed by atoms with Crippen molar-refractivity contribution in [3.05, 3.63) is 35.9 Å². The van der Waals surface area contributed by atoms with Gasteiger partial charge < -0.3 is 10.6 Å². The number of carbonyl (C=O) groups is 3. The molecule has 2 fully saturated rings. The average molecular weight is 371 g/mol. The van der Waals surface area contributed by atoms with Gasteiger partial charge in [0.1, 0.15) is 12.1 Å². The molecule has 1 aliphatic heterocycles. The first kappa shape index (κ1) is 19.4. The van der Waals surface area contributed by atoms with Crippen LogP contribution in [-0.4, -0.2) is 34.8 Å². The molecule has 6 heteroatoms. The highest BCUT2D eigenvalue weighted by Gasteiger charge is 2.55. The lowest BCUT2D eigenvalue weighted by molar-refractivity contribution is -0.137. The minimum atomic E-state index is -0.822. The zero-order chi connectivity index (χ0) is 19.4. The van der Waals surface area contributed by atoms with Crippen LogP contribution in [0, 0.1) is 5.92 Å². The lowest BCUT2D eigenvalue weighted by Gasteiger charge is -2.36. The van der Waals surface area contributed by atoms with E-state index in [1.807, 2.05) is 37.3 Å². The summed E-state index contributed by atoms with van der Waals surface area (Å²) >= 11 is 0. The summed E-state index contributed by atoms with van der Waals surface area (Å²) in [7, 11) is 0. The van der Waals surface area contributed by atoms with Crippen LogP contribution in [0.25, 0.3) is 0 Å². The molecule has 2 N–H and O–H groups in total. The van der Waals surface area contributed by atoms with Gasteiger partial charge in [-0.2, -0.15) is 0 Å². The molecule has 27 heavy (non-hydrogen) atoms. The first-order chi connectivity index (χ1) is 13.0. The number of urea groups is 1. The van der Waals surface area contributed by atoms with E-state index >= 15 is 0 Å². The molecule has 3 rings (SSSR count). The van der Waals surface area contributed by atoms with Crippen LogP contribution >= 0.6 is 0 Å². The summed E-state index contributed by atoms with van der Waals surface area (Å²) in [5.41, 5.74) is 0.208. The van der Waals surface area contributed by atoms with Gasteiger partial charge in [-0.1, -0.05) is 63.4 Å². The second-order valence-electron chi connectivity index (χ2n) is 7.76. The van der Waals surface area contributed by atoms with Crippen LogP contribution in [0.1, 0.15) is 64.0 Å². The fourth-order valence-corrected chi connectivity index (χ4v) is 4.32. The monoisotopic (exact) mass is 371 g/mol. The predicted octanol–water partition coefficient (Wildman–Crippen LogP) is 3.14. The molecule has 0 unspecified atom stereocenters. The van der Waals surface area contributed by atoms with E-state index in [2.05, 4.69) is 17.6 Å². The van der Waals surface area contributed by atoms with Crippen molar-refractivity contribution in [2.24, 2.45) is 5.92 Å². The minimum absolute atomic E-state index is 0.0907. The molecule has 1 aromatic rings. The summed E-state index contributed by atoms with van der Waals surface area (Å²) in [5, 5.41) is 5.88. The maximum Gasteiger partial charge on any atom is 0.325 e. The molecular formula is C21H29N3O3. The van der Waals surface area contributed by atoms with Crippen LogP contribution in [0.2, 0.25) is 0 Å². The second-order valence-corrected chi connectivity index (χ2v) is 7.76. The fourth-order valence-electron chi connectivity index (χ4n) is 4.32. The number of hydrogen-bond acceptors (Lipinski definition) is 3. The molecule has 1 saturated heterocycles. The summed E-state index contributed by atoms with van der Waals surface area (Å²) < 4.78 is 0. The Balaban J connectivity index is 1.68. The van der Waals surface area contributed by atoms with Gasteiger partial charge in [0.2, 0.25) is 5.91 Å². The van der Waals surface area contributed by atoms with Crippen LogP contribution in [0.15, 0.2) is 30.3 Å². The molecular weight excluding hydrogens is 342 g/mol. The van der Waals surface area contributed by atoms with Crippen molar-refractivity contribution in [2.75, 3.05) is 6.54 Å². The SMILES string of the molecule is CCC[C@H](NC(=O)CN1C(=O)N[C@]2(CCCC[C@H]2C)C1=O)c1ccccc1. The standard InChI is InChI=1S/C21H29N3O3/c1-3-9-17(16-11-5-4-6-12-16)22-18(25)14-24-19(26)21(23-20(24)27)13-8-7-10-15(21)2/h4-6,11-12,15,17H,3,7-10,13-14H2,1-2H3,(H,22,25)(H,23,27)/t15-,17+,21+/m1/s1. The van der Waals surface area contributed by atoms with E-state index < -0.39 is 11.6 Å². The summed E-state index contributed by atoms with van der Waals surface area (Å²) in [6, 6.07) is 9.21. The van der Waals surface area contributed by atoms with Crippen LogP contribution in [0.3, 0.4) is 0 Å². The topological polar surface area (TPSA) is 78.5 Å². The molecule has 146 valence electrons. The zero-order valence-electron chi connectivity index (χ0n) is 16.2. The van der Waals surface area contributed by atoms with E-state index in [4.69, 9.17) is 0 Å². The number of benzene rings is 1. The Bertz CT molecular complexity index is 706. The van der Waals surface area contributed by atoms with E-state index in [1.165, 1.54) is 0 Å². The van der Waals surface area contributed by atoms with E-state index in [0.717, 1.165) is 42.6 Å². The minimum Gasteiger partial charge on any atom is -0.348 e. The normalized spacial score (nSPS) is 26.1. The summed E-state index contributed by atoms with van der Waals surface area (Å²) in [5.74, 6) is -0.462. The van der Waals surface area contributed by atoms with Crippen LogP contribution in [0.4, 0.5) is 4.79 Å². The number of hydrogen-bond donors (Lipinski definition) is 2. The molecule has 1 aromatic carbocycles. The van der Waals surface area contributed by atoms with Gasteiger partial charge in [-0.15, -0.1) is 0 Å². The van der Waals surface area contributed by atoms with Gasteiger partial charge in [-0.3, -0.25) is 14.5 Å². The largest absolute Gasteiger partial charge is 0.348 e. The third kappa shape index (κ3) is 3.84. The number of carbonyl (C=O) groups excluding carboxylic acids is 3. The Morgan fingerprint density at radius 1 is 1.30 bits per heavy atom. The number of imide groups is 1. The van der Waals surface area contributed by atoms with Crippen molar-refractivity contribution in [1.82, 2.24) is 15.5 Å². The molecule has 1 aliphatic carbocycles. The number of nitrogens with one attached hydrogen (secondary N) is 2. The Morgan fingerprint density at radius 3 is 2.70 bits per heavy atom. The molecule has 1 spiro atoms. The molecule has 2 aliphatic rings. The second kappa shape index (κ2) is 8.11. The van der Waals surface area contributed by atoms with Crippen LogP contribution in [-0.2, 0) is 9.59 Å². The molecule has 1 heterocycles. The molecule has 1 saturated carbocycles. The van der Waals surface area contributed by atoms with Gasteiger partial charge in [0.15, 0.2) is 0 Å². The fraction of sp³-hybridized carbons (Fsp3) is 0.571. The quantitative estimate of drug-likeness (QED) is 0.754. The third-order valence-electron chi connectivity index (χ3n) is 5.92. The van der Waals surface area contributed by atoms with Crippen molar-refractivity contribution in [1.29, 1.82) is 0 Å². The van der Waals surface area contributed by atoms with Crippen molar-refractivity contribution >= 4 is 17.8 Å². The van der Waals surface area contributed by atoms with Gasteiger partial charge in [0.25, 0.3) is 5.91 Å². The van der Waals surface area contributed by atoms with Crippen molar-refractivity contribution < 1.29 is 14.4 Å². The van der Waals surface area contributed by atoms with Gasteiger partial charge in [-0.05, 0) is 30.7 Å². The molecule has 0 bridgehead atoms. The molecule has 0 aromatic heterocycles. The number of amides is 4. The predicted molar refractivity (Wildman–Crippen MR) is 103 cm³/mol. The molecule has 0 radical (unpaired) electrons. The Labute approximate surface area is 160 Å². The summed E-state index contributed by atoms with van der Waals surface area (Å²) in [4.78, 5) is 39.1. The third-order valence-corrected chi connectivity index (χ3v) is 5.92. The number of rotatable bonds is 6. The highest BCUT2D eigenvalue weighted by Crippen LogP contribution is 2.38. The first-order valence-electron chi connectivity index (χ1n) is 9.96. The molecule has 6 nitrogen and oxygen atoms in total. The highest BCUT2D eigenvalue weighted by atomic mass is 16.2. The van der Waals surface area contributed by atoms with Crippen molar-refractivity contribution in [3.63, 3.8) is 0 Å². The Kier molecular flexibility index (Phi) is 5.82. The van der Waals surface area contributed by atoms with Gasteiger partial charge in [0.05, 0.1) is 6.04 Å². The molecule has 3 atom stereocenters. The lowest BCUT2D eigenvalue weighted by atomic mass is 9.73. The van der Waals surface area contributed by atoms with E-state index in [1.54, 1.807) is 0 Å². The summed E-state index contributed by atoms with van der Waals surface area (Å²) in [6.07, 6.45) is 5.28. The molecule has 4 amide bonds. The van der Waals surface area contributed by atoms with E-state index in [0.29, 0.717) is 6.42 Å².